The summed E-state index contributed by atoms with van der Waals surface area (Å²) in [4.78, 5) is 15.3. The van der Waals surface area contributed by atoms with Crippen molar-refractivity contribution in [2.45, 2.75) is 4.90 Å². The number of esters is 1. The Morgan fingerprint density at radius 3 is 2.65 bits per heavy atom. The number of methoxy groups -OCH3 is 1. The lowest BCUT2D eigenvalue weighted by molar-refractivity contribution is 0.0601. The molecular formula is C13H9BrCl2N2O4S. The number of benzene rings is 1. The molecule has 1 aromatic heterocycles. The Hall–Kier alpha value is -1.35. The number of aromatic nitrogens is 1. The van der Waals surface area contributed by atoms with Gasteiger partial charge in [0.25, 0.3) is 10.0 Å². The fourth-order valence-corrected chi connectivity index (χ4v) is 4.01. The molecule has 0 aliphatic carbocycles. The Balaban J connectivity index is 2.48. The molecule has 1 N–H and O–H groups in total. The van der Waals surface area contributed by atoms with Crippen LogP contribution in [-0.4, -0.2) is 26.5 Å². The number of pyridine rings is 1. The topological polar surface area (TPSA) is 85.4 Å². The minimum atomic E-state index is -4.05. The molecule has 1 heterocycles. The van der Waals surface area contributed by atoms with Crippen LogP contribution in [0.2, 0.25) is 10.0 Å². The zero-order valence-corrected chi connectivity index (χ0v) is 15.4. The molecule has 10 heteroatoms. The van der Waals surface area contributed by atoms with Gasteiger partial charge in [0.2, 0.25) is 0 Å². The molecule has 2 aromatic rings. The third kappa shape index (κ3) is 3.95. The second-order valence-corrected chi connectivity index (χ2v) is 7.53. The molecule has 0 atom stereocenters. The Kier molecular flexibility index (Phi) is 5.51. The normalized spacial score (nSPS) is 11.1. The molecule has 1 aromatic carbocycles. The van der Waals surface area contributed by atoms with Gasteiger partial charge in [0, 0.05) is 16.9 Å². The van der Waals surface area contributed by atoms with Gasteiger partial charge in [-0.1, -0.05) is 23.2 Å². The molecule has 0 amide bonds. The van der Waals surface area contributed by atoms with Crippen molar-refractivity contribution < 1.29 is 17.9 Å². The minimum Gasteiger partial charge on any atom is -0.465 e. The molecular weight excluding hydrogens is 431 g/mol. The Morgan fingerprint density at radius 2 is 2.00 bits per heavy atom. The van der Waals surface area contributed by atoms with Crippen molar-refractivity contribution in [3.63, 3.8) is 0 Å². The van der Waals surface area contributed by atoms with E-state index in [1.165, 1.54) is 37.7 Å². The molecule has 122 valence electrons. The fraction of sp³-hybridized carbons (Fsp3) is 0.0769. The van der Waals surface area contributed by atoms with Gasteiger partial charge in [-0.3, -0.25) is 9.71 Å². The van der Waals surface area contributed by atoms with Crippen molar-refractivity contribution in [3.05, 3.63) is 50.7 Å². The van der Waals surface area contributed by atoms with Crippen LogP contribution in [0, 0.1) is 0 Å². The summed E-state index contributed by atoms with van der Waals surface area (Å²) in [5, 5.41) is 0.215. The lowest BCUT2D eigenvalue weighted by Gasteiger charge is -2.12. The first kappa shape index (κ1) is 18.0. The van der Waals surface area contributed by atoms with Crippen LogP contribution < -0.4 is 4.72 Å². The highest BCUT2D eigenvalue weighted by molar-refractivity contribution is 9.10. The maximum atomic E-state index is 12.5. The summed E-state index contributed by atoms with van der Waals surface area (Å²) in [6, 6.07) is 3.91. The van der Waals surface area contributed by atoms with Crippen molar-refractivity contribution in [2.75, 3.05) is 11.8 Å². The molecule has 0 saturated carbocycles. The van der Waals surface area contributed by atoms with E-state index in [-0.39, 0.29) is 26.2 Å². The SMILES string of the molecule is COC(=O)c1cnccc1NS(=O)(=O)c1cc(Br)c(Cl)cc1Cl. The van der Waals surface area contributed by atoms with Crippen LogP contribution in [0.25, 0.3) is 0 Å². The van der Waals surface area contributed by atoms with Crippen LogP contribution in [0.3, 0.4) is 0 Å². The Labute approximate surface area is 150 Å². The number of carbonyl (C=O) groups excluding carboxylic acids is 1. The van der Waals surface area contributed by atoms with Crippen molar-refractivity contribution in [1.29, 1.82) is 0 Å². The third-order valence-corrected chi connectivity index (χ3v) is 5.76. The van der Waals surface area contributed by atoms with Gasteiger partial charge in [-0.25, -0.2) is 13.2 Å². The van der Waals surface area contributed by atoms with E-state index in [0.717, 1.165) is 0 Å². The number of halogens is 3. The number of nitrogens with one attached hydrogen (secondary N) is 1. The van der Waals surface area contributed by atoms with Crippen LogP contribution in [0.4, 0.5) is 5.69 Å². The van der Waals surface area contributed by atoms with Gasteiger partial charge in [0.1, 0.15) is 10.5 Å². The van der Waals surface area contributed by atoms with Crippen molar-refractivity contribution >= 4 is 60.8 Å². The van der Waals surface area contributed by atoms with E-state index >= 15 is 0 Å². The maximum Gasteiger partial charge on any atom is 0.341 e. The lowest BCUT2D eigenvalue weighted by Crippen LogP contribution is -2.16. The second-order valence-electron chi connectivity index (χ2n) is 4.22. The summed E-state index contributed by atoms with van der Waals surface area (Å²) in [6.07, 6.45) is 2.53. The second kappa shape index (κ2) is 7.04. The van der Waals surface area contributed by atoms with E-state index in [2.05, 4.69) is 30.4 Å². The lowest BCUT2D eigenvalue weighted by atomic mass is 10.2. The van der Waals surface area contributed by atoms with Gasteiger partial charge in [-0.2, -0.15) is 0 Å². The van der Waals surface area contributed by atoms with Gasteiger partial charge in [-0.15, -0.1) is 0 Å². The number of ether oxygens (including phenoxy) is 1. The molecule has 0 spiro atoms. The molecule has 23 heavy (non-hydrogen) atoms. The van der Waals surface area contributed by atoms with Gasteiger partial charge in [-0.05, 0) is 34.1 Å². The molecule has 6 nitrogen and oxygen atoms in total. The third-order valence-electron chi connectivity index (χ3n) is 2.74. The molecule has 0 aliphatic heterocycles. The van der Waals surface area contributed by atoms with Crippen LogP contribution in [0.1, 0.15) is 10.4 Å². The van der Waals surface area contributed by atoms with Crippen molar-refractivity contribution in [1.82, 2.24) is 4.98 Å². The summed E-state index contributed by atoms with van der Waals surface area (Å²) < 4.78 is 32.3. The molecule has 0 unspecified atom stereocenters. The maximum absolute atomic E-state index is 12.5. The predicted molar refractivity (Wildman–Crippen MR) is 90.5 cm³/mol. The fourth-order valence-electron chi connectivity index (χ4n) is 1.67. The predicted octanol–water partition coefficient (Wildman–Crippen LogP) is 3.74. The van der Waals surface area contributed by atoms with Crippen LogP contribution in [-0.2, 0) is 14.8 Å². The van der Waals surface area contributed by atoms with Crippen molar-refractivity contribution in [3.8, 4) is 0 Å². The van der Waals surface area contributed by atoms with Crippen LogP contribution in [0.15, 0.2) is 40.0 Å². The number of hydrogen-bond donors (Lipinski definition) is 1. The van der Waals surface area contributed by atoms with E-state index in [9.17, 15) is 13.2 Å². The summed E-state index contributed by atoms with van der Waals surface area (Å²) in [6.45, 7) is 0. The number of carbonyl (C=O) groups is 1. The standard InChI is InChI=1S/C13H9BrCl2N2O4S/c1-22-13(19)7-6-17-3-2-11(7)18-23(20,21)12-4-8(14)9(15)5-10(12)16/h2-6H,1H3,(H,17,18). The quantitative estimate of drug-likeness (QED) is 0.579. The molecule has 0 saturated heterocycles. The zero-order valence-electron chi connectivity index (χ0n) is 11.5. The highest BCUT2D eigenvalue weighted by Crippen LogP contribution is 2.33. The first-order chi connectivity index (χ1) is 10.8. The van der Waals surface area contributed by atoms with Gasteiger partial charge < -0.3 is 4.74 Å². The number of anilines is 1. The summed E-state index contributed by atoms with van der Waals surface area (Å²) in [5.74, 6) is -0.723. The Bertz CT molecular complexity index is 874. The number of hydrogen-bond acceptors (Lipinski definition) is 5. The summed E-state index contributed by atoms with van der Waals surface area (Å²) >= 11 is 15.0. The van der Waals surface area contributed by atoms with E-state index in [1.54, 1.807) is 0 Å². The molecule has 0 radical (unpaired) electrons. The van der Waals surface area contributed by atoms with E-state index in [0.29, 0.717) is 4.47 Å². The molecule has 0 bridgehead atoms. The highest BCUT2D eigenvalue weighted by Gasteiger charge is 2.22. The van der Waals surface area contributed by atoms with E-state index in [4.69, 9.17) is 23.2 Å². The van der Waals surface area contributed by atoms with Crippen molar-refractivity contribution in [2.24, 2.45) is 0 Å². The number of sulfonamides is 1. The number of rotatable bonds is 4. The largest absolute Gasteiger partial charge is 0.465 e. The summed E-state index contributed by atoms with van der Waals surface area (Å²) in [7, 11) is -2.87. The smallest absolute Gasteiger partial charge is 0.341 e. The summed E-state index contributed by atoms with van der Waals surface area (Å²) in [5.41, 5.74) is -0.00304. The van der Waals surface area contributed by atoms with Gasteiger partial charge >= 0.3 is 5.97 Å². The molecule has 0 fully saturated rings. The molecule has 2 rings (SSSR count). The highest BCUT2D eigenvalue weighted by atomic mass is 79.9. The monoisotopic (exact) mass is 438 g/mol. The molecule has 0 aliphatic rings. The van der Waals surface area contributed by atoms with E-state index < -0.39 is 16.0 Å². The number of nitrogens with zero attached hydrogens (tertiary/aromatic N) is 1. The minimum absolute atomic E-state index is 0.0222. The van der Waals surface area contributed by atoms with Gasteiger partial charge in [0.15, 0.2) is 0 Å². The first-order valence-corrected chi connectivity index (χ1v) is 8.99. The van der Waals surface area contributed by atoms with Gasteiger partial charge in [0.05, 0.1) is 22.8 Å². The average Bonchev–Trinajstić information content (AvgIpc) is 2.50. The first-order valence-electron chi connectivity index (χ1n) is 5.96. The van der Waals surface area contributed by atoms with Crippen LogP contribution >= 0.6 is 39.1 Å². The average molecular weight is 440 g/mol. The zero-order chi connectivity index (χ0) is 17.2. The Morgan fingerprint density at radius 1 is 1.30 bits per heavy atom. The van der Waals surface area contributed by atoms with E-state index in [1.807, 2.05) is 0 Å². The van der Waals surface area contributed by atoms with Crippen LogP contribution in [0.5, 0.6) is 0 Å².